The number of esters is 1. The molecule has 0 bridgehead atoms. The highest BCUT2D eigenvalue weighted by Gasteiger charge is 2.22. The van der Waals surface area contributed by atoms with Gasteiger partial charge in [0.1, 0.15) is 19.8 Å². The molecule has 34 heavy (non-hydrogen) atoms. The second kappa shape index (κ2) is 9.92. The maximum absolute atomic E-state index is 13.0. The summed E-state index contributed by atoms with van der Waals surface area (Å²) in [4.78, 5) is 12.8. The van der Waals surface area contributed by atoms with E-state index < -0.39 is 16.0 Å². The maximum atomic E-state index is 13.0. The molecule has 1 aliphatic heterocycles. The van der Waals surface area contributed by atoms with E-state index in [1.807, 2.05) is 0 Å². The Labute approximate surface area is 197 Å². The lowest BCUT2D eigenvalue weighted by Crippen LogP contribution is -2.18. The van der Waals surface area contributed by atoms with Crippen LogP contribution >= 0.6 is 0 Å². The fourth-order valence-corrected chi connectivity index (χ4v) is 4.44. The number of hydrogen-bond donors (Lipinski definition) is 1. The van der Waals surface area contributed by atoms with Gasteiger partial charge in [-0.05, 0) is 42.0 Å². The molecule has 0 saturated carbocycles. The van der Waals surface area contributed by atoms with Crippen molar-refractivity contribution < 1.29 is 36.9 Å². The van der Waals surface area contributed by atoms with E-state index in [2.05, 4.69) is 4.72 Å². The molecule has 0 aliphatic carbocycles. The van der Waals surface area contributed by atoms with E-state index in [0.29, 0.717) is 41.8 Å². The predicted molar refractivity (Wildman–Crippen MR) is 123 cm³/mol. The van der Waals surface area contributed by atoms with Gasteiger partial charge in [0, 0.05) is 6.07 Å². The summed E-state index contributed by atoms with van der Waals surface area (Å²) in [5.74, 6) is 1.19. The SMILES string of the molecule is COc1ccc(COC(=O)c2ccccc2NS(=O)(=O)c2ccc3c(c2)OCCO3)cc1OC. The first kappa shape index (κ1) is 23.2. The summed E-state index contributed by atoms with van der Waals surface area (Å²) in [6.45, 7) is 0.692. The molecule has 10 heteroatoms. The molecule has 9 nitrogen and oxygen atoms in total. The highest BCUT2D eigenvalue weighted by molar-refractivity contribution is 7.92. The average molecular weight is 486 g/mol. The number of rotatable bonds is 8. The molecule has 178 valence electrons. The second-order valence-electron chi connectivity index (χ2n) is 7.22. The topological polar surface area (TPSA) is 109 Å². The first-order chi connectivity index (χ1) is 16.4. The summed E-state index contributed by atoms with van der Waals surface area (Å²) in [5.41, 5.74) is 0.846. The van der Waals surface area contributed by atoms with Gasteiger partial charge in [-0.15, -0.1) is 0 Å². The van der Waals surface area contributed by atoms with Crippen LogP contribution in [0, 0.1) is 0 Å². The molecule has 0 radical (unpaired) electrons. The Morgan fingerprint density at radius 1 is 0.912 bits per heavy atom. The number of anilines is 1. The fourth-order valence-electron chi connectivity index (χ4n) is 3.34. The van der Waals surface area contributed by atoms with Crippen molar-refractivity contribution in [1.29, 1.82) is 0 Å². The van der Waals surface area contributed by atoms with Crippen LogP contribution in [0.3, 0.4) is 0 Å². The first-order valence-electron chi connectivity index (χ1n) is 10.3. The van der Waals surface area contributed by atoms with E-state index in [0.717, 1.165) is 0 Å². The number of methoxy groups -OCH3 is 2. The molecule has 3 aromatic carbocycles. The van der Waals surface area contributed by atoms with Gasteiger partial charge in [0.05, 0.1) is 30.4 Å². The number of para-hydroxylation sites is 1. The molecule has 0 fully saturated rings. The zero-order valence-electron chi connectivity index (χ0n) is 18.6. The van der Waals surface area contributed by atoms with Crippen molar-refractivity contribution in [3.8, 4) is 23.0 Å². The van der Waals surface area contributed by atoms with Crippen LogP contribution in [0.25, 0.3) is 0 Å². The minimum atomic E-state index is -4.01. The van der Waals surface area contributed by atoms with Gasteiger partial charge in [0.2, 0.25) is 0 Å². The Morgan fingerprint density at radius 3 is 2.41 bits per heavy atom. The standard InChI is InChI=1S/C24H23NO8S/c1-29-20-9-7-16(13-22(20)30-2)15-33-24(26)18-5-3-4-6-19(18)25-34(27,28)17-8-10-21-23(14-17)32-12-11-31-21/h3-10,13-14,25H,11-12,15H2,1-2H3. The Morgan fingerprint density at radius 2 is 1.65 bits per heavy atom. The van der Waals surface area contributed by atoms with Crippen LogP contribution in [0.2, 0.25) is 0 Å². The number of nitrogens with one attached hydrogen (secondary N) is 1. The molecule has 1 heterocycles. The van der Waals surface area contributed by atoms with Crippen LogP contribution in [0.1, 0.15) is 15.9 Å². The van der Waals surface area contributed by atoms with Crippen molar-refractivity contribution in [1.82, 2.24) is 0 Å². The zero-order chi connectivity index (χ0) is 24.1. The highest BCUT2D eigenvalue weighted by Crippen LogP contribution is 2.33. The van der Waals surface area contributed by atoms with E-state index >= 15 is 0 Å². The molecule has 1 N–H and O–H groups in total. The fraction of sp³-hybridized carbons (Fsp3) is 0.208. The minimum absolute atomic E-state index is 0.0229. The van der Waals surface area contributed by atoms with Crippen molar-refractivity contribution in [2.24, 2.45) is 0 Å². The van der Waals surface area contributed by atoms with E-state index in [1.165, 1.54) is 44.6 Å². The van der Waals surface area contributed by atoms with Crippen LogP contribution in [-0.4, -0.2) is 41.8 Å². The largest absolute Gasteiger partial charge is 0.493 e. The van der Waals surface area contributed by atoms with E-state index in [9.17, 15) is 13.2 Å². The van der Waals surface area contributed by atoms with E-state index in [4.69, 9.17) is 23.7 Å². The number of benzene rings is 3. The molecule has 3 aromatic rings. The number of sulfonamides is 1. The van der Waals surface area contributed by atoms with E-state index in [1.54, 1.807) is 30.3 Å². The molecule has 4 rings (SSSR count). The van der Waals surface area contributed by atoms with Crippen LogP contribution in [-0.2, 0) is 21.4 Å². The first-order valence-corrected chi connectivity index (χ1v) is 11.8. The van der Waals surface area contributed by atoms with Crippen molar-refractivity contribution in [2.45, 2.75) is 11.5 Å². The molecule has 0 atom stereocenters. The van der Waals surface area contributed by atoms with Crippen LogP contribution in [0.4, 0.5) is 5.69 Å². The third kappa shape index (κ3) is 5.01. The summed E-state index contributed by atoms with van der Waals surface area (Å²) in [7, 11) is -0.971. The van der Waals surface area contributed by atoms with Gasteiger partial charge in [0.25, 0.3) is 10.0 Å². The number of fused-ring (bicyclic) bond motifs is 1. The van der Waals surface area contributed by atoms with Gasteiger partial charge in [-0.1, -0.05) is 18.2 Å². The molecule has 1 aliphatic rings. The third-order valence-corrected chi connectivity index (χ3v) is 6.40. The maximum Gasteiger partial charge on any atom is 0.340 e. The normalized spacial score (nSPS) is 12.5. The van der Waals surface area contributed by atoms with Crippen LogP contribution < -0.4 is 23.7 Å². The molecular weight excluding hydrogens is 462 g/mol. The Hall–Kier alpha value is -3.92. The summed E-state index contributed by atoms with van der Waals surface area (Å²) in [5, 5.41) is 0. The van der Waals surface area contributed by atoms with E-state index in [-0.39, 0.29) is 22.8 Å². The van der Waals surface area contributed by atoms with Gasteiger partial charge in [-0.3, -0.25) is 4.72 Å². The van der Waals surface area contributed by atoms with Crippen molar-refractivity contribution in [3.05, 3.63) is 71.8 Å². The number of hydrogen-bond acceptors (Lipinski definition) is 8. The van der Waals surface area contributed by atoms with Gasteiger partial charge in [0.15, 0.2) is 23.0 Å². The van der Waals surface area contributed by atoms with Crippen molar-refractivity contribution in [3.63, 3.8) is 0 Å². The minimum Gasteiger partial charge on any atom is -0.493 e. The van der Waals surface area contributed by atoms with Gasteiger partial charge < -0.3 is 23.7 Å². The molecule has 0 amide bonds. The lowest BCUT2D eigenvalue weighted by molar-refractivity contribution is 0.0473. The predicted octanol–water partition coefficient (Wildman–Crippen LogP) is 3.63. The monoisotopic (exact) mass is 485 g/mol. The van der Waals surface area contributed by atoms with Gasteiger partial charge in [-0.25, -0.2) is 13.2 Å². The Bertz CT molecular complexity index is 1310. The van der Waals surface area contributed by atoms with Gasteiger partial charge >= 0.3 is 5.97 Å². The molecule has 0 unspecified atom stereocenters. The molecule has 0 spiro atoms. The Balaban J connectivity index is 1.51. The number of carbonyl (C=O) groups is 1. The summed E-state index contributed by atoms with van der Waals surface area (Å²) >= 11 is 0. The quantitative estimate of drug-likeness (QED) is 0.482. The summed E-state index contributed by atoms with van der Waals surface area (Å²) in [6.07, 6.45) is 0. The number of carbonyl (C=O) groups excluding carboxylic acids is 1. The second-order valence-corrected chi connectivity index (χ2v) is 8.90. The van der Waals surface area contributed by atoms with Crippen molar-refractivity contribution >= 4 is 21.7 Å². The van der Waals surface area contributed by atoms with Gasteiger partial charge in [-0.2, -0.15) is 0 Å². The molecule has 0 saturated heterocycles. The lowest BCUT2D eigenvalue weighted by atomic mass is 10.2. The third-order valence-electron chi connectivity index (χ3n) is 5.03. The average Bonchev–Trinajstić information content (AvgIpc) is 2.86. The summed E-state index contributed by atoms with van der Waals surface area (Å²) in [6, 6.07) is 15.7. The lowest BCUT2D eigenvalue weighted by Gasteiger charge is -2.19. The van der Waals surface area contributed by atoms with Crippen LogP contribution in [0.15, 0.2) is 65.6 Å². The molecular formula is C24H23NO8S. The highest BCUT2D eigenvalue weighted by atomic mass is 32.2. The zero-order valence-corrected chi connectivity index (χ0v) is 19.4. The summed E-state index contributed by atoms with van der Waals surface area (Å²) < 4.78 is 55.2. The van der Waals surface area contributed by atoms with Crippen LogP contribution in [0.5, 0.6) is 23.0 Å². The van der Waals surface area contributed by atoms with Crippen molar-refractivity contribution in [2.75, 3.05) is 32.2 Å². The number of ether oxygens (including phenoxy) is 5. The molecule has 0 aromatic heterocycles. The smallest absolute Gasteiger partial charge is 0.340 e. The Kier molecular flexibility index (Phi) is 6.78.